The van der Waals surface area contributed by atoms with Gasteiger partial charge in [-0.25, -0.2) is 4.79 Å². The third kappa shape index (κ3) is 4.26. The summed E-state index contributed by atoms with van der Waals surface area (Å²) in [4.78, 5) is 17.1. The Morgan fingerprint density at radius 3 is 2.53 bits per heavy atom. The SMILES string of the molecule is CN(CCN1CCCC1)C1CCn2c(c(C3CCCCC3)c3ccc(C(=O)O)cc32)-c2ccccc21. The van der Waals surface area contributed by atoms with E-state index in [-0.39, 0.29) is 0 Å². The molecule has 2 aromatic carbocycles. The summed E-state index contributed by atoms with van der Waals surface area (Å²) in [7, 11) is 2.29. The van der Waals surface area contributed by atoms with Crippen LogP contribution in [-0.4, -0.2) is 58.7 Å². The van der Waals surface area contributed by atoms with Gasteiger partial charge in [-0.2, -0.15) is 0 Å². The van der Waals surface area contributed by atoms with Gasteiger partial charge in [-0.05, 0) is 81.4 Å². The molecule has 0 amide bonds. The van der Waals surface area contributed by atoms with E-state index in [4.69, 9.17) is 0 Å². The lowest BCUT2D eigenvalue weighted by molar-refractivity contribution is 0.0697. The van der Waals surface area contributed by atoms with Crippen LogP contribution in [0.15, 0.2) is 42.5 Å². The van der Waals surface area contributed by atoms with E-state index in [0.29, 0.717) is 17.5 Å². The number of carboxylic acid groups (broad SMARTS) is 1. The maximum atomic E-state index is 11.9. The van der Waals surface area contributed by atoms with E-state index < -0.39 is 5.97 Å². The van der Waals surface area contributed by atoms with Gasteiger partial charge in [-0.15, -0.1) is 0 Å². The number of rotatable bonds is 6. The molecule has 1 N–H and O–H groups in total. The van der Waals surface area contributed by atoms with Crippen molar-refractivity contribution >= 4 is 16.9 Å². The fraction of sp³-hybridized carbons (Fsp3) is 0.516. The van der Waals surface area contributed by atoms with Gasteiger partial charge in [0.2, 0.25) is 0 Å². The summed E-state index contributed by atoms with van der Waals surface area (Å²) in [5.74, 6) is -0.300. The molecule has 3 aliphatic rings. The molecule has 1 aromatic heterocycles. The molecule has 5 heteroatoms. The van der Waals surface area contributed by atoms with Gasteiger partial charge in [0.15, 0.2) is 0 Å². The highest BCUT2D eigenvalue weighted by molar-refractivity contribution is 5.98. The third-order valence-corrected chi connectivity index (χ3v) is 9.06. The summed E-state index contributed by atoms with van der Waals surface area (Å²) in [5, 5.41) is 11.0. The standard InChI is InChI=1S/C31H39N3O2/c1-32(19-20-33-16-7-8-17-33)27-15-18-34-28-21-23(31(35)36)13-14-26(28)29(22-9-3-2-4-10-22)30(34)25-12-6-5-11-24(25)27/h5-6,11-14,21-22,27H,2-4,7-10,15-20H2,1H3,(H,35,36). The van der Waals surface area contributed by atoms with Gasteiger partial charge in [0.25, 0.3) is 0 Å². The Hall–Kier alpha value is -2.63. The van der Waals surface area contributed by atoms with Gasteiger partial charge in [-0.1, -0.05) is 49.6 Å². The van der Waals surface area contributed by atoms with Gasteiger partial charge < -0.3 is 14.6 Å². The smallest absolute Gasteiger partial charge is 0.335 e. The number of carbonyl (C=O) groups is 1. The molecule has 1 saturated carbocycles. The number of nitrogens with zero attached hydrogens (tertiary/aromatic N) is 3. The van der Waals surface area contributed by atoms with Gasteiger partial charge in [0.1, 0.15) is 0 Å². The molecule has 2 fully saturated rings. The van der Waals surface area contributed by atoms with Crippen molar-refractivity contribution in [3.63, 3.8) is 0 Å². The second-order valence-corrected chi connectivity index (χ2v) is 11.2. The molecule has 1 saturated heterocycles. The molecule has 3 aromatic rings. The normalized spacial score (nSPS) is 21.0. The molecule has 3 heterocycles. The number of aromatic carboxylic acids is 1. The van der Waals surface area contributed by atoms with Crippen LogP contribution < -0.4 is 0 Å². The van der Waals surface area contributed by atoms with Crippen molar-refractivity contribution in [1.29, 1.82) is 0 Å². The zero-order valence-electron chi connectivity index (χ0n) is 21.6. The third-order valence-electron chi connectivity index (χ3n) is 9.06. The minimum atomic E-state index is -0.847. The summed E-state index contributed by atoms with van der Waals surface area (Å²) in [6, 6.07) is 15.2. The number of aryl methyl sites for hydroxylation is 1. The summed E-state index contributed by atoms with van der Waals surface area (Å²) in [6.45, 7) is 5.61. The molecule has 36 heavy (non-hydrogen) atoms. The number of likely N-dealkylation sites (tertiary alicyclic amines) is 1. The average Bonchev–Trinajstić information content (AvgIpc) is 3.50. The van der Waals surface area contributed by atoms with Gasteiger partial charge in [0.05, 0.1) is 11.3 Å². The highest BCUT2D eigenvalue weighted by Crippen LogP contribution is 2.48. The molecule has 1 atom stereocenters. The molecule has 0 bridgehead atoms. The Morgan fingerprint density at radius 1 is 0.972 bits per heavy atom. The molecule has 6 rings (SSSR count). The number of carboxylic acids is 1. The van der Waals surface area contributed by atoms with Crippen molar-refractivity contribution in [1.82, 2.24) is 14.4 Å². The van der Waals surface area contributed by atoms with E-state index in [2.05, 4.69) is 51.7 Å². The van der Waals surface area contributed by atoms with E-state index in [1.165, 1.54) is 85.8 Å². The summed E-state index contributed by atoms with van der Waals surface area (Å²) in [6.07, 6.45) is 10.1. The van der Waals surface area contributed by atoms with Crippen molar-refractivity contribution in [2.45, 2.75) is 69.9 Å². The highest BCUT2D eigenvalue weighted by atomic mass is 16.4. The second kappa shape index (κ2) is 10.0. The summed E-state index contributed by atoms with van der Waals surface area (Å²) < 4.78 is 2.47. The molecule has 1 unspecified atom stereocenters. The first-order valence-corrected chi connectivity index (χ1v) is 14.0. The minimum absolute atomic E-state index is 0.362. The van der Waals surface area contributed by atoms with E-state index >= 15 is 0 Å². The van der Waals surface area contributed by atoms with Crippen LogP contribution in [0.25, 0.3) is 22.2 Å². The van der Waals surface area contributed by atoms with Crippen LogP contribution in [0.2, 0.25) is 0 Å². The predicted octanol–water partition coefficient (Wildman–Crippen LogP) is 6.53. The van der Waals surface area contributed by atoms with Crippen LogP contribution in [0.4, 0.5) is 0 Å². The number of aromatic nitrogens is 1. The molecule has 190 valence electrons. The van der Waals surface area contributed by atoms with Gasteiger partial charge in [-0.3, -0.25) is 4.90 Å². The fourth-order valence-corrected chi connectivity index (χ4v) is 7.17. The molecular formula is C31H39N3O2. The Balaban J connectivity index is 1.46. The number of likely N-dealkylation sites (N-methyl/N-ethyl adjacent to an activating group) is 1. The summed E-state index contributed by atoms with van der Waals surface area (Å²) in [5.41, 5.74) is 7.08. The minimum Gasteiger partial charge on any atom is -0.478 e. The van der Waals surface area contributed by atoms with Crippen molar-refractivity contribution < 1.29 is 9.90 Å². The maximum absolute atomic E-state index is 11.9. The molecule has 0 radical (unpaired) electrons. The number of hydrogen-bond donors (Lipinski definition) is 1. The number of fused-ring (bicyclic) bond motifs is 5. The van der Waals surface area contributed by atoms with E-state index in [0.717, 1.165) is 31.6 Å². The van der Waals surface area contributed by atoms with Crippen LogP contribution in [0.1, 0.15) is 84.8 Å². The first-order chi connectivity index (χ1) is 17.6. The Morgan fingerprint density at radius 2 is 1.75 bits per heavy atom. The van der Waals surface area contributed by atoms with Crippen LogP contribution in [0.3, 0.4) is 0 Å². The van der Waals surface area contributed by atoms with E-state index in [9.17, 15) is 9.90 Å². The molecule has 1 aliphatic carbocycles. The molecule has 5 nitrogen and oxygen atoms in total. The number of benzene rings is 2. The van der Waals surface area contributed by atoms with Crippen molar-refractivity contribution in [3.8, 4) is 11.3 Å². The van der Waals surface area contributed by atoms with Crippen molar-refractivity contribution in [2.75, 3.05) is 33.2 Å². The lowest BCUT2D eigenvalue weighted by Crippen LogP contribution is -2.34. The van der Waals surface area contributed by atoms with Crippen molar-refractivity contribution in [3.05, 3.63) is 59.2 Å². The van der Waals surface area contributed by atoms with Gasteiger partial charge in [0, 0.05) is 42.1 Å². The van der Waals surface area contributed by atoms with Gasteiger partial charge >= 0.3 is 5.97 Å². The van der Waals surface area contributed by atoms with E-state index in [1.807, 2.05) is 6.07 Å². The quantitative estimate of drug-likeness (QED) is 0.431. The molecular weight excluding hydrogens is 446 g/mol. The predicted molar refractivity (Wildman–Crippen MR) is 146 cm³/mol. The van der Waals surface area contributed by atoms with E-state index in [1.54, 1.807) is 6.07 Å². The summed E-state index contributed by atoms with van der Waals surface area (Å²) >= 11 is 0. The van der Waals surface area contributed by atoms with Crippen LogP contribution in [0.5, 0.6) is 0 Å². The zero-order valence-corrected chi connectivity index (χ0v) is 21.6. The number of hydrogen-bond acceptors (Lipinski definition) is 3. The largest absolute Gasteiger partial charge is 0.478 e. The average molecular weight is 486 g/mol. The Kier molecular flexibility index (Phi) is 6.61. The monoisotopic (exact) mass is 485 g/mol. The first-order valence-electron chi connectivity index (χ1n) is 14.0. The molecule has 0 spiro atoms. The van der Waals surface area contributed by atoms with Crippen LogP contribution >= 0.6 is 0 Å². The fourth-order valence-electron chi connectivity index (χ4n) is 7.17. The lowest BCUT2D eigenvalue weighted by Gasteiger charge is -2.30. The second-order valence-electron chi connectivity index (χ2n) is 11.2. The Labute approximate surface area is 214 Å². The topological polar surface area (TPSA) is 48.7 Å². The lowest BCUT2D eigenvalue weighted by atomic mass is 9.81. The highest BCUT2D eigenvalue weighted by Gasteiger charge is 2.32. The van der Waals surface area contributed by atoms with Crippen LogP contribution in [0, 0.1) is 0 Å². The van der Waals surface area contributed by atoms with Crippen molar-refractivity contribution in [2.24, 2.45) is 0 Å². The Bertz CT molecular complexity index is 1250. The zero-order chi connectivity index (χ0) is 24.6. The molecule has 2 aliphatic heterocycles. The first kappa shape index (κ1) is 23.7. The van der Waals surface area contributed by atoms with Crippen LogP contribution in [-0.2, 0) is 6.54 Å². The maximum Gasteiger partial charge on any atom is 0.335 e.